The lowest BCUT2D eigenvalue weighted by molar-refractivity contribution is -0.120. The summed E-state index contributed by atoms with van der Waals surface area (Å²) in [5.74, 6) is 1.64. The van der Waals surface area contributed by atoms with E-state index in [-0.39, 0.29) is 19.2 Å². The lowest BCUT2D eigenvalue weighted by Crippen LogP contribution is -2.23. The van der Waals surface area contributed by atoms with E-state index in [1.807, 2.05) is 60.7 Å². The smallest absolute Gasteiger partial charge is 0.231 e. The van der Waals surface area contributed by atoms with Gasteiger partial charge in [0.1, 0.15) is 5.78 Å². The van der Waals surface area contributed by atoms with Gasteiger partial charge in [0.05, 0.1) is 17.7 Å². The fourth-order valence-corrected chi connectivity index (χ4v) is 3.90. The van der Waals surface area contributed by atoms with Crippen molar-refractivity contribution in [2.24, 2.45) is 0 Å². The van der Waals surface area contributed by atoms with Crippen LogP contribution < -0.4 is 9.47 Å². The average Bonchev–Trinajstić information content (AvgIpc) is 3.45. The number of Topliss-reactive ketones (excluding diaryl/α,β-unsaturated/α-hetero) is 1. The summed E-state index contributed by atoms with van der Waals surface area (Å²) >= 11 is 0. The molecule has 0 amide bonds. The lowest BCUT2D eigenvalue weighted by Gasteiger charge is -2.15. The molecule has 1 N–H and O–H groups in total. The van der Waals surface area contributed by atoms with E-state index in [0.717, 1.165) is 46.7 Å². The minimum absolute atomic E-state index is 0.0180. The monoisotopic (exact) mass is 387 g/mol. The zero-order valence-electron chi connectivity index (χ0n) is 15.9. The van der Waals surface area contributed by atoms with Gasteiger partial charge in [0.2, 0.25) is 6.79 Å². The quantitative estimate of drug-likeness (QED) is 0.697. The molecule has 3 aromatic rings. The van der Waals surface area contributed by atoms with Crippen LogP contribution in [0.1, 0.15) is 29.7 Å². The van der Waals surface area contributed by atoms with E-state index in [9.17, 15) is 9.90 Å². The molecular weight excluding hydrogens is 366 g/mol. The van der Waals surface area contributed by atoms with Crippen molar-refractivity contribution >= 4 is 5.78 Å². The van der Waals surface area contributed by atoms with Crippen molar-refractivity contribution in [1.29, 1.82) is 0 Å². The molecule has 0 radical (unpaired) electrons. The number of aliphatic hydroxyl groups excluding tert-OH is 1. The minimum atomic E-state index is -0.429. The van der Waals surface area contributed by atoms with Crippen molar-refractivity contribution in [3.8, 4) is 22.8 Å². The Bertz CT molecular complexity index is 1070. The maximum atomic E-state index is 13.2. The second-order valence-corrected chi connectivity index (χ2v) is 7.62. The number of pyridine rings is 1. The van der Waals surface area contributed by atoms with Gasteiger partial charge in [0, 0.05) is 17.7 Å². The van der Waals surface area contributed by atoms with Gasteiger partial charge in [0.15, 0.2) is 11.5 Å². The molecule has 146 valence electrons. The molecule has 0 atom stereocenters. The molecular formula is C24H21NO4. The summed E-state index contributed by atoms with van der Waals surface area (Å²) in [5.41, 5.74) is 4.00. The van der Waals surface area contributed by atoms with Crippen LogP contribution in [0.15, 0.2) is 60.7 Å². The Morgan fingerprint density at radius 3 is 2.55 bits per heavy atom. The Hall–Kier alpha value is -3.18. The molecule has 1 saturated carbocycles. The van der Waals surface area contributed by atoms with E-state index in [0.29, 0.717) is 12.2 Å². The summed E-state index contributed by atoms with van der Waals surface area (Å²) in [7, 11) is 0. The van der Waals surface area contributed by atoms with Gasteiger partial charge in [-0.2, -0.15) is 0 Å². The van der Waals surface area contributed by atoms with Gasteiger partial charge >= 0.3 is 0 Å². The lowest BCUT2D eigenvalue weighted by atomic mass is 9.88. The Morgan fingerprint density at radius 2 is 1.79 bits per heavy atom. The maximum Gasteiger partial charge on any atom is 0.231 e. The Labute approximate surface area is 168 Å². The topological polar surface area (TPSA) is 68.7 Å². The van der Waals surface area contributed by atoms with Gasteiger partial charge in [-0.15, -0.1) is 0 Å². The molecule has 1 fully saturated rings. The number of rotatable bonds is 6. The minimum Gasteiger partial charge on any atom is -0.454 e. The first-order chi connectivity index (χ1) is 14.2. The third-order valence-electron chi connectivity index (χ3n) is 5.79. The highest BCUT2D eigenvalue weighted by Gasteiger charge is 2.50. The van der Waals surface area contributed by atoms with Gasteiger partial charge in [0.25, 0.3) is 0 Å². The van der Waals surface area contributed by atoms with E-state index >= 15 is 0 Å². The van der Waals surface area contributed by atoms with E-state index in [4.69, 9.17) is 14.5 Å². The van der Waals surface area contributed by atoms with Crippen LogP contribution in [0.4, 0.5) is 0 Å². The molecule has 1 aromatic heterocycles. The summed E-state index contributed by atoms with van der Waals surface area (Å²) in [6.07, 6.45) is 2.01. The van der Waals surface area contributed by atoms with Crippen molar-refractivity contribution in [1.82, 2.24) is 4.98 Å². The van der Waals surface area contributed by atoms with Gasteiger partial charge in [-0.05, 0) is 48.2 Å². The highest BCUT2D eigenvalue weighted by atomic mass is 16.7. The van der Waals surface area contributed by atoms with Crippen LogP contribution in [0.5, 0.6) is 11.5 Å². The number of carbonyl (C=O) groups is 1. The predicted octanol–water partition coefficient (Wildman–Crippen LogP) is 3.81. The van der Waals surface area contributed by atoms with Crippen molar-refractivity contribution in [2.45, 2.75) is 31.3 Å². The fraction of sp³-hybridized carbons (Fsp3) is 0.250. The van der Waals surface area contributed by atoms with Crippen LogP contribution in [0.3, 0.4) is 0 Å². The zero-order chi connectivity index (χ0) is 19.8. The molecule has 29 heavy (non-hydrogen) atoms. The van der Waals surface area contributed by atoms with Crippen LogP contribution in [0.2, 0.25) is 0 Å². The van der Waals surface area contributed by atoms with E-state index in [2.05, 4.69) is 0 Å². The Kier molecular flexibility index (Phi) is 4.32. The number of hydrogen-bond donors (Lipinski definition) is 1. The number of ether oxygens (including phenoxy) is 2. The fourth-order valence-electron chi connectivity index (χ4n) is 3.90. The number of carbonyl (C=O) groups excluding carboxylic acids is 1. The van der Waals surface area contributed by atoms with Crippen molar-refractivity contribution in [3.63, 3.8) is 0 Å². The third kappa shape index (κ3) is 3.28. The van der Waals surface area contributed by atoms with Gasteiger partial charge < -0.3 is 14.6 Å². The van der Waals surface area contributed by atoms with E-state index in [1.54, 1.807) is 0 Å². The van der Waals surface area contributed by atoms with Crippen LogP contribution in [0, 0.1) is 0 Å². The molecule has 0 saturated heterocycles. The first kappa shape index (κ1) is 17.9. The molecule has 0 unspecified atom stereocenters. The second-order valence-electron chi connectivity index (χ2n) is 7.62. The first-order valence-corrected chi connectivity index (χ1v) is 9.77. The summed E-state index contributed by atoms with van der Waals surface area (Å²) in [6, 6.07) is 19.2. The Balaban J connectivity index is 1.37. The van der Waals surface area contributed by atoms with Crippen LogP contribution in [0.25, 0.3) is 11.3 Å². The highest BCUT2D eigenvalue weighted by Crippen LogP contribution is 2.51. The Morgan fingerprint density at radius 1 is 1.00 bits per heavy atom. The summed E-state index contributed by atoms with van der Waals surface area (Å²) in [6.45, 7) is 0.250. The molecule has 5 heteroatoms. The molecule has 2 aliphatic rings. The molecule has 2 aromatic carbocycles. The summed E-state index contributed by atoms with van der Waals surface area (Å²) in [4.78, 5) is 17.9. The van der Waals surface area contributed by atoms with Crippen LogP contribution >= 0.6 is 0 Å². The maximum absolute atomic E-state index is 13.2. The van der Waals surface area contributed by atoms with Crippen LogP contribution in [-0.2, 0) is 23.2 Å². The van der Waals surface area contributed by atoms with Gasteiger partial charge in [-0.1, -0.05) is 36.4 Å². The largest absolute Gasteiger partial charge is 0.454 e. The number of aliphatic hydroxyl groups is 1. The average molecular weight is 387 g/mol. The zero-order valence-corrected chi connectivity index (χ0v) is 15.9. The molecule has 1 aliphatic carbocycles. The normalized spacial score (nSPS) is 15.9. The SMILES string of the molecule is O=C(Cc1cccc(-c2ccc(CO)cc2)n1)C1(c2ccc3c(c2)OCO3)CC1. The first-order valence-electron chi connectivity index (χ1n) is 9.77. The van der Waals surface area contributed by atoms with Crippen molar-refractivity contribution in [3.05, 3.63) is 77.5 Å². The molecule has 0 spiro atoms. The van der Waals surface area contributed by atoms with Crippen molar-refractivity contribution in [2.75, 3.05) is 6.79 Å². The second kappa shape index (κ2) is 7.01. The standard InChI is InChI=1S/C24H21NO4/c26-14-16-4-6-17(7-5-16)20-3-1-2-19(25-20)13-23(27)24(10-11-24)18-8-9-21-22(12-18)29-15-28-21/h1-9,12,26H,10-11,13-15H2. The summed E-state index contributed by atoms with van der Waals surface area (Å²) < 4.78 is 10.9. The number of aromatic nitrogens is 1. The third-order valence-corrected chi connectivity index (χ3v) is 5.79. The number of hydrogen-bond acceptors (Lipinski definition) is 5. The molecule has 5 nitrogen and oxygen atoms in total. The predicted molar refractivity (Wildman–Crippen MR) is 108 cm³/mol. The van der Waals surface area contributed by atoms with Gasteiger partial charge in [-0.25, -0.2) is 0 Å². The van der Waals surface area contributed by atoms with E-state index < -0.39 is 5.41 Å². The molecule has 0 bridgehead atoms. The molecule has 2 heterocycles. The number of fused-ring (bicyclic) bond motifs is 1. The number of nitrogens with zero attached hydrogens (tertiary/aromatic N) is 1. The highest BCUT2D eigenvalue weighted by molar-refractivity contribution is 5.94. The van der Waals surface area contributed by atoms with E-state index in [1.165, 1.54) is 0 Å². The van der Waals surface area contributed by atoms with Crippen molar-refractivity contribution < 1.29 is 19.4 Å². The van der Waals surface area contributed by atoms with Gasteiger partial charge in [-0.3, -0.25) is 9.78 Å². The summed E-state index contributed by atoms with van der Waals surface area (Å²) in [5, 5.41) is 9.20. The number of benzene rings is 2. The molecule has 5 rings (SSSR count). The van der Waals surface area contributed by atoms with Crippen LogP contribution in [-0.4, -0.2) is 22.7 Å². The molecule has 1 aliphatic heterocycles. The number of ketones is 1.